The number of hydrogen-bond donors (Lipinski definition) is 0. The van der Waals surface area contributed by atoms with Crippen molar-refractivity contribution in [2.75, 3.05) is 0 Å². The Balaban J connectivity index is 1.17. The van der Waals surface area contributed by atoms with Crippen molar-refractivity contribution in [3.8, 4) is 62.1 Å². The van der Waals surface area contributed by atoms with Crippen molar-refractivity contribution >= 4 is 43.4 Å². The largest absolute Gasteiger partial charge is 0.308 e. The monoisotopic (exact) mass is 766 g/mol. The minimum Gasteiger partial charge on any atom is -0.308 e. The van der Waals surface area contributed by atoms with Gasteiger partial charge in [-0.05, 0) is 80.4 Å². The predicted octanol–water partition coefficient (Wildman–Crippen LogP) is 14.2. The smallest absolute Gasteiger partial charge is 0.164 e. The Morgan fingerprint density at radius 3 is 1.52 bits per heavy atom. The average molecular weight is 767 g/mol. The minimum atomic E-state index is -0.191. The van der Waals surface area contributed by atoms with Gasteiger partial charge in [0, 0.05) is 43.8 Å². The van der Waals surface area contributed by atoms with Crippen LogP contribution in [0.4, 0.5) is 0 Å². The highest BCUT2D eigenvalue weighted by atomic mass is 15.0. The molecular formula is C56H38N4. The summed E-state index contributed by atoms with van der Waals surface area (Å²) in [5, 5.41) is 7.21. The van der Waals surface area contributed by atoms with E-state index in [4.69, 9.17) is 15.0 Å². The highest BCUT2D eigenvalue weighted by molar-refractivity contribution is 6.15. The molecule has 4 nitrogen and oxygen atoms in total. The SMILES string of the molecule is CC1(C)c2cc3ccccc3cc2-c2cc3c4ccccc4n(-c4c(-c5ccccc5)cc(-c5nc(-c6ccccc6)nc(-c6ccccc6)n5)c5ccccc45)c3cc21. The van der Waals surface area contributed by atoms with Gasteiger partial charge in [0.15, 0.2) is 17.5 Å². The standard InChI is InChI=1S/C56H38N4/c1-56(2)48-31-39-25-13-12-24-38(39)30-44(48)45-33-46-41-27-16-17-29-50(41)60(51(46)34-49(45)56)52-42-28-15-14-26-40(42)47(32-43(52)35-18-6-3-7-19-35)55-58-53(36-20-8-4-9-21-36)57-54(59-55)37-22-10-5-11-23-37/h3-34H,1-2H3. The third-order valence-electron chi connectivity index (χ3n) is 12.6. The molecule has 0 saturated heterocycles. The molecule has 0 aliphatic heterocycles. The van der Waals surface area contributed by atoms with E-state index in [0.717, 1.165) is 44.3 Å². The molecule has 9 aromatic carbocycles. The topological polar surface area (TPSA) is 43.6 Å². The summed E-state index contributed by atoms with van der Waals surface area (Å²) >= 11 is 0. The van der Waals surface area contributed by atoms with E-state index in [0.29, 0.717) is 17.5 Å². The average Bonchev–Trinajstić information content (AvgIpc) is 3.74. The normalized spacial score (nSPS) is 13.0. The summed E-state index contributed by atoms with van der Waals surface area (Å²) < 4.78 is 2.52. The fourth-order valence-corrected chi connectivity index (χ4v) is 9.67. The first-order valence-corrected chi connectivity index (χ1v) is 20.6. The van der Waals surface area contributed by atoms with Crippen LogP contribution in [0.2, 0.25) is 0 Å². The molecule has 2 aromatic heterocycles. The minimum absolute atomic E-state index is 0.191. The predicted molar refractivity (Wildman–Crippen MR) is 248 cm³/mol. The van der Waals surface area contributed by atoms with Gasteiger partial charge in [0.2, 0.25) is 0 Å². The third-order valence-corrected chi connectivity index (χ3v) is 12.6. The summed E-state index contributed by atoms with van der Waals surface area (Å²) in [5.41, 5.74) is 13.7. The molecule has 0 N–H and O–H groups in total. The molecule has 282 valence electrons. The van der Waals surface area contributed by atoms with Gasteiger partial charge in [-0.2, -0.15) is 0 Å². The Bertz CT molecular complexity index is 3440. The molecule has 0 unspecified atom stereocenters. The molecule has 4 heteroatoms. The fraction of sp³-hybridized carbons (Fsp3) is 0.0536. The molecule has 1 aliphatic rings. The van der Waals surface area contributed by atoms with E-state index in [2.05, 4.69) is 176 Å². The Kier molecular flexibility index (Phi) is 7.54. The first-order valence-electron chi connectivity index (χ1n) is 20.6. The highest BCUT2D eigenvalue weighted by Crippen LogP contribution is 2.53. The number of rotatable bonds is 5. The van der Waals surface area contributed by atoms with Crippen LogP contribution in [0.15, 0.2) is 194 Å². The molecule has 0 radical (unpaired) electrons. The lowest BCUT2D eigenvalue weighted by Gasteiger charge is -2.23. The van der Waals surface area contributed by atoms with Crippen LogP contribution in [-0.4, -0.2) is 19.5 Å². The maximum absolute atomic E-state index is 5.24. The highest BCUT2D eigenvalue weighted by Gasteiger charge is 2.37. The lowest BCUT2D eigenvalue weighted by molar-refractivity contribution is 0.662. The molecule has 0 amide bonds. The van der Waals surface area contributed by atoms with Crippen molar-refractivity contribution in [3.05, 3.63) is 205 Å². The van der Waals surface area contributed by atoms with Crippen molar-refractivity contribution < 1.29 is 0 Å². The molecule has 2 heterocycles. The van der Waals surface area contributed by atoms with E-state index in [9.17, 15) is 0 Å². The van der Waals surface area contributed by atoms with Crippen LogP contribution in [0.3, 0.4) is 0 Å². The molecule has 12 rings (SSSR count). The van der Waals surface area contributed by atoms with E-state index >= 15 is 0 Å². The summed E-state index contributed by atoms with van der Waals surface area (Å²) in [7, 11) is 0. The molecule has 0 spiro atoms. The van der Waals surface area contributed by atoms with Crippen molar-refractivity contribution in [1.29, 1.82) is 0 Å². The number of nitrogens with zero attached hydrogens (tertiary/aromatic N) is 4. The van der Waals surface area contributed by atoms with Gasteiger partial charge in [0.1, 0.15) is 0 Å². The zero-order valence-corrected chi connectivity index (χ0v) is 33.3. The lowest BCUT2D eigenvalue weighted by Crippen LogP contribution is -2.15. The Morgan fingerprint density at radius 1 is 0.350 bits per heavy atom. The van der Waals surface area contributed by atoms with E-state index in [1.54, 1.807) is 0 Å². The summed E-state index contributed by atoms with van der Waals surface area (Å²) in [4.78, 5) is 15.5. The molecule has 60 heavy (non-hydrogen) atoms. The molecule has 0 bridgehead atoms. The second kappa shape index (κ2) is 13.2. The number of hydrogen-bond acceptors (Lipinski definition) is 3. The van der Waals surface area contributed by atoms with Crippen LogP contribution in [-0.2, 0) is 5.41 Å². The van der Waals surface area contributed by atoms with Crippen LogP contribution in [0.1, 0.15) is 25.0 Å². The molecule has 1 aliphatic carbocycles. The van der Waals surface area contributed by atoms with Crippen LogP contribution in [0, 0.1) is 0 Å². The molecule has 11 aromatic rings. The first-order chi connectivity index (χ1) is 29.5. The van der Waals surface area contributed by atoms with Crippen molar-refractivity contribution in [3.63, 3.8) is 0 Å². The molecule has 0 saturated carbocycles. The van der Waals surface area contributed by atoms with Gasteiger partial charge >= 0.3 is 0 Å². The van der Waals surface area contributed by atoms with Crippen molar-refractivity contribution in [2.45, 2.75) is 19.3 Å². The Morgan fingerprint density at radius 2 is 0.850 bits per heavy atom. The number of fused-ring (bicyclic) bond motifs is 8. The van der Waals surface area contributed by atoms with Crippen LogP contribution in [0.25, 0.3) is 105 Å². The van der Waals surface area contributed by atoms with E-state index in [1.807, 2.05) is 36.4 Å². The molecule has 0 atom stereocenters. The van der Waals surface area contributed by atoms with Crippen LogP contribution in [0.5, 0.6) is 0 Å². The summed E-state index contributed by atoms with van der Waals surface area (Å²) in [6.07, 6.45) is 0. The van der Waals surface area contributed by atoms with Crippen molar-refractivity contribution in [2.24, 2.45) is 0 Å². The van der Waals surface area contributed by atoms with E-state index in [1.165, 1.54) is 54.8 Å². The van der Waals surface area contributed by atoms with Crippen LogP contribution >= 0.6 is 0 Å². The van der Waals surface area contributed by atoms with Gasteiger partial charge in [-0.15, -0.1) is 0 Å². The molecule has 0 fully saturated rings. The first kappa shape index (κ1) is 34.4. The summed E-state index contributed by atoms with van der Waals surface area (Å²) in [5.74, 6) is 1.91. The van der Waals surface area contributed by atoms with Gasteiger partial charge in [0.25, 0.3) is 0 Å². The van der Waals surface area contributed by atoms with Crippen molar-refractivity contribution in [1.82, 2.24) is 19.5 Å². The fourth-order valence-electron chi connectivity index (χ4n) is 9.67. The van der Waals surface area contributed by atoms with Gasteiger partial charge in [-0.3, -0.25) is 0 Å². The van der Waals surface area contributed by atoms with E-state index < -0.39 is 0 Å². The zero-order valence-electron chi connectivity index (χ0n) is 33.3. The Labute approximate surface area is 348 Å². The summed E-state index contributed by atoms with van der Waals surface area (Å²) in [6, 6.07) is 69.6. The Hall–Kier alpha value is -7.69. The van der Waals surface area contributed by atoms with Crippen LogP contribution < -0.4 is 0 Å². The number of para-hydroxylation sites is 1. The zero-order chi connectivity index (χ0) is 40.0. The van der Waals surface area contributed by atoms with Gasteiger partial charge in [0.05, 0.1) is 16.7 Å². The maximum atomic E-state index is 5.24. The second-order valence-electron chi connectivity index (χ2n) is 16.4. The summed E-state index contributed by atoms with van der Waals surface area (Å²) in [6.45, 7) is 4.76. The van der Waals surface area contributed by atoms with E-state index in [-0.39, 0.29) is 5.41 Å². The number of aromatic nitrogens is 4. The van der Waals surface area contributed by atoms with Gasteiger partial charge in [-0.1, -0.05) is 172 Å². The lowest BCUT2D eigenvalue weighted by atomic mass is 9.81. The quantitative estimate of drug-likeness (QED) is 0.175. The second-order valence-corrected chi connectivity index (χ2v) is 16.4. The third kappa shape index (κ3) is 5.20. The maximum Gasteiger partial charge on any atom is 0.164 e. The van der Waals surface area contributed by atoms with Gasteiger partial charge < -0.3 is 4.57 Å². The number of benzene rings is 9. The van der Waals surface area contributed by atoms with Gasteiger partial charge in [-0.25, -0.2) is 15.0 Å². The molecular weight excluding hydrogens is 729 g/mol.